The van der Waals surface area contributed by atoms with Crippen LogP contribution in [0.2, 0.25) is 0 Å². The predicted molar refractivity (Wildman–Crippen MR) is 86.5 cm³/mol. The van der Waals surface area contributed by atoms with E-state index in [1.54, 1.807) is 0 Å². The van der Waals surface area contributed by atoms with E-state index in [0.717, 1.165) is 34.5 Å². The first kappa shape index (κ1) is 14.5. The lowest BCUT2D eigenvalue weighted by atomic mass is 9.79. The van der Waals surface area contributed by atoms with Crippen molar-refractivity contribution in [3.63, 3.8) is 0 Å². The number of allylic oxidation sites excluding steroid dienone is 5. The Kier molecular flexibility index (Phi) is 4.32. The van der Waals surface area contributed by atoms with Crippen molar-refractivity contribution in [2.45, 2.75) is 39.5 Å². The minimum atomic E-state index is 0.290. The number of aromatic nitrogens is 1. The Morgan fingerprint density at radius 1 is 1.58 bits per heavy atom. The van der Waals surface area contributed by atoms with Crippen LogP contribution >= 0.6 is 23.1 Å². The molecule has 1 aliphatic carbocycles. The van der Waals surface area contributed by atoms with Crippen molar-refractivity contribution in [3.05, 3.63) is 40.9 Å². The molecule has 0 amide bonds. The summed E-state index contributed by atoms with van der Waals surface area (Å²) < 4.78 is 4.58. The van der Waals surface area contributed by atoms with Crippen LogP contribution in [0.15, 0.2) is 24.8 Å². The highest BCUT2D eigenvalue weighted by Crippen LogP contribution is 2.38. The average Bonchev–Trinajstić information content (AvgIpc) is 2.83. The van der Waals surface area contributed by atoms with Gasteiger partial charge in [0.25, 0.3) is 0 Å². The Hall–Kier alpha value is -0.860. The molecular weight excluding hydrogens is 274 g/mol. The van der Waals surface area contributed by atoms with E-state index in [0.29, 0.717) is 5.88 Å². The van der Waals surface area contributed by atoms with Gasteiger partial charge in [0.15, 0.2) is 0 Å². The van der Waals surface area contributed by atoms with Crippen LogP contribution < -0.4 is 0 Å². The Bertz CT molecular complexity index is 553. The van der Waals surface area contributed by atoms with Crippen LogP contribution in [0, 0.1) is 5.41 Å². The Labute approximate surface area is 124 Å². The fourth-order valence-corrected chi connectivity index (χ4v) is 3.38. The molecule has 1 aromatic rings. The summed E-state index contributed by atoms with van der Waals surface area (Å²) in [5, 5.41) is 0. The summed E-state index contributed by atoms with van der Waals surface area (Å²) in [6.45, 7) is 10.5. The molecule has 0 radical (unpaired) electrons. The standard InChI is InChI=1S/C16H20ClNS/c1-5-16(4)8-6-12(7-9-16)14-13(10-17)15(11(2)3)19-18-14/h6-8H,2,5,9-10H2,1,3-4H3. The van der Waals surface area contributed by atoms with Gasteiger partial charge in [-0.05, 0) is 47.9 Å². The van der Waals surface area contributed by atoms with Gasteiger partial charge >= 0.3 is 0 Å². The highest BCUT2D eigenvalue weighted by molar-refractivity contribution is 7.07. The molecule has 1 nitrogen and oxygen atoms in total. The van der Waals surface area contributed by atoms with Crippen LogP contribution in [0.3, 0.4) is 0 Å². The van der Waals surface area contributed by atoms with Crippen LogP contribution in [0.1, 0.15) is 49.7 Å². The van der Waals surface area contributed by atoms with Gasteiger partial charge < -0.3 is 0 Å². The Balaban J connectivity index is 2.35. The third-order valence-corrected chi connectivity index (χ3v) is 5.16. The van der Waals surface area contributed by atoms with Gasteiger partial charge in [0.2, 0.25) is 0 Å². The maximum absolute atomic E-state index is 6.10. The van der Waals surface area contributed by atoms with Gasteiger partial charge in [0, 0.05) is 5.56 Å². The highest BCUT2D eigenvalue weighted by atomic mass is 35.5. The molecule has 1 atom stereocenters. The maximum Gasteiger partial charge on any atom is 0.0887 e. The molecule has 0 saturated heterocycles. The molecular formula is C16H20ClNS. The highest BCUT2D eigenvalue weighted by Gasteiger charge is 2.23. The van der Waals surface area contributed by atoms with Gasteiger partial charge in [-0.2, -0.15) is 4.37 Å². The summed E-state index contributed by atoms with van der Waals surface area (Å²) >= 11 is 7.60. The summed E-state index contributed by atoms with van der Waals surface area (Å²) in [6, 6.07) is 0. The molecule has 0 fully saturated rings. The third-order valence-electron chi connectivity index (χ3n) is 3.84. The smallest absolute Gasteiger partial charge is 0.0887 e. The summed E-state index contributed by atoms with van der Waals surface area (Å²) in [5.41, 5.74) is 4.68. The molecule has 102 valence electrons. The van der Waals surface area contributed by atoms with E-state index in [4.69, 9.17) is 11.6 Å². The number of alkyl halides is 1. The molecule has 1 heterocycles. The predicted octanol–water partition coefficient (Wildman–Crippen LogP) is 5.67. The van der Waals surface area contributed by atoms with Crippen molar-refractivity contribution in [2.24, 2.45) is 5.41 Å². The lowest BCUT2D eigenvalue weighted by Gasteiger charge is -2.26. The molecule has 0 saturated carbocycles. The van der Waals surface area contributed by atoms with Gasteiger partial charge in [-0.1, -0.05) is 38.7 Å². The molecule has 19 heavy (non-hydrogen) atoms. The summed E-state index contributed by atoms with van der Waals surface area (Å²) in [5.74, 6) is 0.490. The van der Waals surface area contributed by atoms with Crippen molar-refractivity contribution in [1.29, 1.82) is 0 Å². The average molecular weight is 294 g/mol. The zero-order chi connectivity index (χ0) is 14.0. The zero-order valence-electron chi connectivity index (χ0n) is 11.8. The van der Waals surface area contributed by atoms with E-state index in [1.165, 1.54) is 17.1 Å². The van der Waals surface area contributed by atoms with Gasteiger partial charge in [0.05, 0.1) is 16.5 Å². The van der Waals surface area contributed by atoms with E-state index in [2.05, 4.69) is 43.0 Å². The van der Waals surface area contributed by atoms with Gasteiger partial charge in [-0.25, -0.2) is 0 Å². The first-order valence-corrected chi connectivity index (χ1v) is 7.91. The third kappa shape index (κ3) is 2.85. The SMILES string of the molecule is C=C(C)c1snc(C2=CCC(C)(CC)C=C2)c1CCl. The lowest BCUT2D eigenvalue weighted by Crippen LogP contribution is -2.13. The van der Waals surface area contributed by atoms with Crippen molar-refractivity contribution >= 4 is 34.3 Å². The van der Waals surface area contributed by atoms with E-state index < -0.39 is 0 Å². The molecule has 0 bridgehead atoms. The van der Waals surface area contributed by atoms with Crippen molar-refractivity contribution in [2.75, 3.05) is 0 Å². The topological polar surface area (TPSA) is 12.9 Å². The monoisotopic (exact) mass is 293 g/mol. The Morgan fingerprint density at radius 3 is 2.79 bits per heavy atom. The number of nitrogens with zero attached hydrogens (tertiary/aromatic N) is 1. The second-order valence-corrected chi connectivity index (χ2v) is 6.50. The Morgan fingerprint density at radius 2 is 2.32 bits per heavy atom. The van der Waals surface area contributed by atoms with Crippen molar-refractivity contribution in [3.8, 4) is 0 Å². The van der Waals surface area contributed by atoms with Crippen LogP contribution in [0.5, 0.6) is 0 Å². The minimum absolute atomic E-state index is 0.290. The summed E-state index contributed by atoms with van der Waals surface area (Å²) in [7, 11) is 0. The van der Waals surface area contributed by atoms with Crippen LogP contribution in [0.4, 0.5) is 0 Å². The molecule has 0 aromatic carbocycles. The van der Waals surface area contributed by atoms with E-state index in [-0.39, 0.29) is 5.41 Å². The summed E-state index contributed by atoms with van der Waals surface area (Å²) in [6.07, 6.45) is 9.01. The van der Waals surface area contributed by atoms with E-state index in [1.807, 2.05) is 6.92 Å². The lowest BCUT2D eigenvalue weighted by molar-refractivity contribution is 0.414. The number of rotatable bonds is 4. The molecule has 2 rings (SSSR count). The molecule has 0 aliphatic heterocycles. The second kappa shape index (κ2) is 5.64. The van der Waals surface area contributed by atoms with Crippen LogP contribution in [-0.4, -0.2) is 4.37 Å². The molecule has 1 aliphatic rings. The second-order valence-electron chi connectivity index (χ2n) is 5.46. The van der Waals surface area contributed by atoms with Gasteiger partial charge in [0.1, 0.15) is 0 Å². The maximum atomic E-state index is 6.10. The normalized spacial score (nSPS) is 22.4. The quantitative estimate of drug-likeness (QED) is 0.651. The van der Waals surface area contributed by atoms with E-state index in [9.17, 15) is 0 Å². The zero-order valence-corrected chi connectivity index (χ0v) is 13.4. The number of hydrogen-bond acceptors (Lipinski definition) is 2. The summed E-state index contributed by atoms with van der Waals surface area (Å²) in [4.78, 5) is 1.13. The molecule has 3 heteroatoms. The molecule has 1 aromatic heterocycles. The largest absolute Gasteiger partial charge is 0.192 e. The molecule has 0 N–H and O–H groups in total. The number of halogens is 1. The molecule has 0 spiro atoms. The van der Waals surface area contributed by atoms with Crippen molar-refractivity contribution in [1.82, 2.24) is 4.37 Å². The van der Waals surface area contributed by atoms with Crippen molar-refractivity contribution < 1.29 is 0 Å². The molecule has 1 unspecified atom stereocenters. The van der Waals surface area contributed by atoms with Gasteiger partial charge in [-0.15, -0.1) is 11.6 Å². The van der Waals surface area contributed by atoms with E-state index >= 15 is 0 Å². The first-order valence-electron chi connectivity index (χ1n) is 6.61. The number of hydrogen-bond donors (Lipinski definition) is 0. The van der Waals surface area contributed by atoms with Gasteiger partial charge in [-0.3, -0.25) is 0 Å². The van der Waals surface area contributed by atoms with Crippen LogP contribution in [0.25, 0.3) is 11.1 Å². The van der Waals surface area contributed by atoms with Crippen LogP contribution in [-0.2, 0) is 5.88 Å². The first-order chi connectivity index (χ1) is 9.00. The fraction of sp³-hybridized carbons (Fsp3) is 0.438. The fourth-order valence-electron chi connectivity index (χ4n) is 2.20. The minimum Gasteiger partial charge on any atom is -0.192 e.